The topological polar surface area (TPSA) is 105 Å². The van der Waals surface area contributed by atoms with Crippen LogP contribution in [0.1, 0.15) is 34.6 Å². The SMILES string of the molecule is CCN(CC)C(=O)c1ccc(NNC(=O)c2ccc([N+](=O)[O-])cc2)cc1. The van der Waals surface area contributed by atoms with Crippen molar-refractivity contribution in [2.45, 2.75) is 13.8 Å². The zero-order chi connectivity index (χ0) is 19.1. The van der Waals surface area contributed by atoms with Crippen LogP contribution in [-0.2, 0) is 0 Å². The summed E-state index contributed by atoms with van der Waals surface area (Å²) < 4.78 is 0. The third kappa shape index (κ3) is 4.56. The summed E-state index contributed by atoms with van der Waals surface area (Å²) in [6.45, 7) is 5.12. The Morgan fingerprint density at radius 1 is 0.962 bits per heavy atom. The Morgan fingerprint density at radius 2 is 1.50 bits per heavy atom. The fourth-order valence-electron chi connectivity index (χ4n) is 2.33. The Balaban J connectivity index is 1.96. The van der Waals surface area contributed by atoms with Crippen LogP contribution in [0.15, 0.2) is 48.5 Å². The monoisotopic (exact) mass is 356 g/mol. The van der Waals surface area contributed by atoms with Crippen molar-refractivity contribution in [3.8, 4) is 0 Å². The third-order valence-corrected chi connectivity index (χ3v) is 3.84. The van der Waals surface area contributed by atoms with E-state index in [0.29, 0.717) is 24.3 Å². The Labute approximate surface area is 150 Å². The van der Waals surface area contributed by atoms with Crippen molar-refractivity contribution in [2.75, 3.05) is 18.5 Å². The molecule has 0 aliphatic carbocycles. The molecule has 0 fully saturated rings. The summed E-state index contributed by atoms with van der Waals surface area (Å²) in [4.78, 5) is 36.1. The van der Waals surface area contributed by atoms with Gasteiger partial charge in [0.05, 0.1) is 10.6 Å². The number of carbonyl (C=O) groups excluding carboxylic acids is 2. The molecule has 0 aliphatic heterocycles. The van der Waals surface area contributed by atoms with Gasteiger partial charge in [0.25, 0.3) is 17.5 Å². The predicted molar refractivity (Wildman–Crippen MR) is 97.9 cm³/mol. The molecule has 0 atom stereocenters. The van der Waals surface area contributed by atoms with Crippen molar-refractivity contribution >= 4 is 23.2 Å². The van der Waals surface area contributed by atoms with Crippen molar-refractivity contribution in [3.05, 3.63) is 69.8 Å². The first kappa shape index (κ1) is 18.9. The number of amides is 2. The molecular formula is C18H20N4O4. The summed E-state index contributed by atoms with van der Waals surface area (Å²) in [6, 6.07) is 12.0. The molecule has 2 aromatic carbocycles. The molecular weight excluding hydrogens is 336 g/mol. The molecule has 0 aliphatic rings. The number of rotatable bonds is 7. The van der Waals surface area contributed by atoms with Crippen molar-refractivity contribution in [1.29, 1.82) is 0 Å². The number of hydrazine groups is 1. The van der Waals surface area contributed by atoms with E-state index in [0.717, 1.165) is 0 Å². The maximum absolute atomic E-state index is 12.2. The lowest BCUT2D eigenvalue weighted by molar-refractivity contribution is -0.384. The molecule has 8 heteroatoms. The highest BCUT2D eigenvalue weighted by molar-refractivity contribution is 5.96. The molecule has 0 bridgehead atoms. The Bertz CT molecular complexity index is 784. The highest BCUT2D eigenvalue weighted by Crippen LogP contribution is 2.13. The maximum atomic E-state index is 12.2. The van der Waals surface area contributed by atoms with Gasteiger partial charge in [-0.1, -0.05) is 0 Å². The second-order valence-electron chi connectivity index (χ2n) is 5.44. The third-order valence-electron chi connectivity index (χ3n) is 3.84. The van der Waals surface area contributed by atoms with Gasteiger partial charge in [-0.05, 0) is 50.2 Å². The second kappa shape index (κ2) is 8.61. The molecule has 0 spiro atoms. The van der Waals surface area contributed by atoms with E-state index >= 15 is 0 Å². The summed E-state index contributed by atoms with van der Waals surface area (Å²) >= 11 is 0. The molecule has 136 valence electrons. The van der Waals surface area contributed by atoms with Crippen LogP contribution in [-0.4, -0.2) is 34.7 Å². The van der Waals surface area contributed by atoms with E-state index in [1.54, 1.807) is 29.2 Å². The minimum Gasteiger partial charge on any atom is -0.339 e. The molecule has 2 aromatic rings. The van der Waals surface area contributed by atoms with Gasteiger partial charge in [0.1, 0.15) is 0 Å². The molecule has 0 radical (unpaired) electrons. The number of non-ortho nitro benzene ring substituents is 1. The van der Waals surface area contributed by atoms with Crippen LogP contribution in [0.5, 0.6) is 0 Å². The van der Waals surface area contributed by atoms with Gasteiger partial charge >= 0.3 is 0 Å². The van der Waals surface area contributed by atoms with Gasteiger partial charge in [0, 0.05) is 36.3 Å². The summed E-state index contributed by atoms with van der Waals surface area (Å²) in [6.07, 6.45) is 0. The van der Waals surface area contributed by atoms with E-state index < -0.39 is 10.8 Å². The van der Waals surface area contributed by atoms with Gasteiger partial charge in [0.15, 0.2) is 0 Å². The molecule has 26 heavy (non-hydrogen) atoms. The van der Waals surface area contributed by atoms with Crippen molar-refractivity contribution < 1.29 is 14.5 Å². The summed E-state index contributed by atoms with van der Waals surface area (Å²) in [7, 11) is 0. The Hall–Kier alpha value is -3.42. The molecule has 8 nitrogen and oxygen atoms in total. The summed E-state index contributed by atoms with van der Waals surface area (Å²) in [5.74, 6) is -0.473. The molecule has 0 unspecified atom stereocenters. The molecule has 2 N–H and O–H groups in total. The number of hydrogen-bond acceptors (Lipinski definition) is 5. The van der Waals surface area contributed by atoms with Crippen molar-refractivity contribution in [3.63, 3.8) is 0 Å². The largest absolute Gasteiger partial charge is 0.339 e. The average Bonchev–Trinajstić information content (AvgIpc) is 2.67. The number of nitro benzene ring substituents is 1. The normalized spacial score (nSPS) is 10.1. The highest BCUT2D eigenvalue weighted by atomic mass is 16.6. The zero-order valence-corrected chi connectivity index (χ0v) is 14.6. The predicted octanol–water partition coefficient (Wildman–Crippen LogP) is 2.83. The highest BCUT2D eigenvalue weighted by Gasteiger charge is 2.12. The number of nitrogens with one attached hydrogen (secondary N) is 2. The van der Waals surface area contributed by atoms with E-state index in [-0.39, 0.29) is 17.2 Å². The van der Waals surface area contributed by atoms with E-state index in [1.165, 1.54) is 24.3 Å². The van der Waals surface area contributed by atoms with Crippen LogP contribution >= 0.6 is 0 Å². The molecule has 0 saturated heterocycles. The van der Waals surface area contributed by atoms with Crippen LogP contribution in [0.4, 0.5) is 11.4 Å². The Kier molecular flexibility index (Phi) is 6.26. The standard InChI is InChI=1S/C18H20N4O4/c1-3-21(4-2)18(24)14-5-9-15(10-6-14)19-20-17(23)13-7-11-16(12-8-13)22(25)26/h5-12,19H,3-4H2,1-2H3,(H,20,23). The van der Waals surface area contributed by atoms with Gasteiger partial charge in [-0.25, -0.2) is 0 Å². The number of carbonyl (C=O) groups is 2. The van der Waals surface area contributed by atoms with Gasteiger partial charge in [-0.3, -0.25) is 30.6 Å². The number of nitrogens with zero attached hydrogens (tertiary/aromatic N) is 2. The minimum absolute atomic E-state index is 0.0449. The fraction of sp³-hybridized carbons (Fsp3) is 0.222. The summed E-state index contributed by atoms with van der Waals surface area (Å²) in [5, 5.41) is 10.6. The average molecular weight is 356 g/mol. The first-order valence-electron chi connectivity index (χ1n) is 8.16. The lowest BCUT2D eigenvalue weighted by atomic mass is 10.2. The first-order valence-corrected chi connectivity index (χ1v) is 8.16. The molecule has 2 rings (SSSR count). The van der Waals surface area contributed by atoms with Crippen LogP contribution in [0.3, 0.4) is 0 Å². The molecule has 2 amide bonds. The second-order valence-corrected chi connectivity index (χ2v) is 5.44. The number of hydrogen-bond donors (Lipinski definition) is 2. The van der Waals surface area contributed by atoms with Crippen LogP contribution in [0.2, 0.25) is 0 Å². The maximum Gasteiger partial charge on any atom is 0.269 e. The van der Waals surface area contributed by atoms with Gasteiger partial charge in [-0.15, -0.1) is 0 Å². The zero-order valence-electron chi connectivity index (χ0n) is 14.6. The van der Waals surface area contributed by atoms with E-state index in [9.17, 15) is 19.7 Å². The first-order chi connectivity index (χ1) is 12.5. The number of benzene rings is 2. The van der Waals surface area contributed by atoms with Crippen LogP contribution in [0, 0.1) is 10.1 Å². The number of nitro groups is 1. The lowest BCUT2D eigenvalue weighted by Gasteiger charge is -2.18. The van der Waals surface area contributed by atoms with E-state index in [2.05, 4.69) is 10.9 Å². The molecule has 0 aromatic heterocycles. The van der Waals surface area contributed by atoms with E-state index in [4.69, 9.17) is 0 Å². The minimum atomic E-state index is -0.527. The molecule has 0 saturated carbocycles. The van der Waals surface area contributed by atoms with Gasteiger partial charge in [0.2, 0.25) is 0 Å². The number of anilines is 1. The van der Waals surface area contributed by atoms with Gasteiger partial charge < -0.3 is 4.90 Å². The summed E-state index contributed by atoms with van der Waals surface area (Å²) in [5.41, 5.74) is 6.63. The fourth-order valence-corrected chi connectivity index (χ4v) is 2.33. The Morgan fingerprint density at radius 3 is 2.00 bits per heavy atom. The quantitative estimate of drug-likeness (QED) is 0.586. The van der Waals surface area contributed by atoms with Crippen molar-refractivity contribution in [1.82, 2.24) is 10.3 Å². The lowest BCUT2D eigenvalue weighted by Crippen LogP contribution is -2.31. The van der Waals surface area contributed by atoms with E-state index in [1.807, 2.05) is 13.8 Å². The smallest absolute Gasteiger partial charge is 0.269 e. The van der Waals surface area contributed by atoms with Crippen LogP contribution < -0.4 is 10.9 Å². The van der Waals surface area contributed by atoms with Crippen molar-refractivity contribution in [2.24, 2.45) is 0 Å². The molecule has 0 heterocycles. The van der Waals surface area contributed by atoms with Gasteiger partial charge in [-0.2, -0.15) is 0 Å². The van der Waals surface area contributed by atoms with Crippen LogP contribution in [0.25, 0.3) is 0 Å².